The number of anilines is 1. The Kier molecular flexibility index (Phi) is 6.06. The quantitative estimate of drug-likeness (QED) is 0.500. The lowest BCUT2D eigenvalue weighted by molar-refractivity contribution is 0.166. The van der Waals surface area contributed by atoms with Crippen molar-refractivity contribution in [2.45, 2.75) is 9.10 Å². The number of thiophene rings is 1. The number of amides is 1. The van der Waals surface area contributed by atoms with Crippen molar-refractivity contribution in [3.05, 3.63) is 35.3 Å². The zero-order valence-electron chi connectivity index (χ0n) is 15.0. The number of phenolic OH excluding ortho intramolecular Hbond substituents is 1. The molecule has 1 fully saturated rings. The number of sulfonamides is 1. The Labute approximate surface area is 170 Å². The van der Waals surface area contributed by atoms with Crippen LogP contribution in [0.3, 0.4) is 0 Å². The van der Waals surface area contributed by atoms with Crippen LogP contribution in [0, 0.1) is 0 Å². The highest BCUT2D eigenvalue weighted by Gasteiger charge is 2.23. The van der Waals surface area contributed by atoms with Crippen LogP contribution >= 0.6 is 23.1 Å². The first-order valence-electron chi connectivity index (χ1n) is 8.03. The molecule has 2 N–H and O–H groups in total. The van der Waals surface area contributed by atoms with Crippen molar-refractivity contribution in [2.75, 3.05) is 31.2 Å². The number of benzene rings is 1. The van der Waals surface area contributed by atoms with Crippen LogP contribution in [0.2, 0.25) is 0 Å². The lowest BCUT2D eigenvalue weighted by Crippen LogP contribution is -2.16. The van der Waals surface area contributed by atoms with E-state index in [1.807, 2.05) is 0 Å². The summed E-state index contributed by atoms with van der Waals surface area (Å²) in [7, 11) is -2.42. The van der Waals surface area contributed by atoms with Gasteiger partial charge in [0.05, 0.1) is 19.3 Å². The summed E-state index contributed by atoms with van der Waals surface area (Å²) in [5.41, 5.74) is 0.592. The molecule has 1 amide bonds. The van der Waals surface area contributed by atoms with E-state index in [4.69, 9.17) is 9.47 Å². The normalized spacial score (nSPS) is 14.5. The van der Waals surface area contributed by atoms with E-state index in [1.165, 1.54) is 48.2 Å². The smallest absolute Gasteiger partial charge is 0.413 e. The van der Waals surface area contributed by atoms with Gasteiger partial charge >= 0.3 is 6.09 Å². The van der Waals surface area contributed by atoms with Crippen LogP contribution < -0.4 is 9.46 Å². The summed E-state index contributed by atoms with van der Waals surface area (Å²) < 4.78 is 38.1. The fraction of sp³-hybridized carbons (Fsp3) is 0.235. The topological polar surface area (TPSA) is 105 Å². The summed E-state index contributed by atoms with van der Waals surface area (Å²) in [6, 6.07) is 4.58. The van der Waals surface area contributed by atoms with Crippen molar-refractivity contribution in [3.8, 4) is 11.5 Å². The molecule has 0 bridgehead atoms. The predicted molar refractivity (Wildman–Crippen MR) is 109 cm³/mol. The van der Waals surface area contributed by atoms with Gasteiger partial charge in [0, 0.05) is 22.7 Å². The molecule has 0 aliphatic carbocycles. The molecule has 0 saturated carbocycles. The number of ether oxygens (including phenoxy) is 2. The van der Waals surface area contributed by atoms with Crippen LogP contribution in [-0.2, 0) is 14.8 Å². The van der Waals surface area contributed by atoms with E-state index in [0.717, 1.165) is 11.3 Å². The molecule has 0 atom stereocenters. The molecule has 2 heterocycles. The van der Waals surface area contributed by atoms with Crippen molar-refractivity contribution in [1.82, 2.24) is 4.90 Å². The third-order valence-corrected chi connectivity index (χ3v) is 7.51. The van der Waals surface area contributed by atoms with Crippen LogP contribution in [0.1, 0.15) is 5.56 Å². The van der Waals surface area contributed by atoms with Crippen molar-refractivity contribution < 1.29 is 27.8 Å². The van der Waals surface area contributed by atoms with Gasteiger partial charge in [-0.15, -0.1) is 23.1 Å². The summed E-state index contributed by atoms with van der Waals surface area (Å²) in [6.45, 7) is 0.682. The molecule has 1 saturated heterocycles. The maximum absolute atomic E-state index is 12.6. The molecule has 1 aliphatic rings. The number of hydrogen-bond donors (Lipinski definition) is 2. The number of aromatic hydroxyl groups is 1. The molecular weight excluding hydrogens is 424 g/mol. The van der Waals surface area contributed by atoms with Gasteiger partial charge in [-0.25, -0.2) is 13.2 Å². The van der Waals surface area contributed by atoms with E-state index in [-0.39, 0.29) is 28.0 Å². The molecule has 0 spiro atoms. The number of carbonyl (C=O) groups excluding carboxylic acids is 1. The van der Waals surface area contributed by atoms with Gasteiger partial charge in [-0.1, -0.05) is 6.07 Å². The Balaban J connectivity index is 2.05. The first-order chi connectivity index (χ1) is 13.4. The number of methoxy groups -OCH3 is 1. The monoisotopic (exact) mass is 442 g/mol. The van der Waals surface area contributed by atoms with E-state index >= 15 is 0 Å². The summed E-state index contributed by atoms with van der Waals surface area (Å²) in [4.78, 5) is 13.5. The highest BCUT2D eigenvalue weighted by atomic mass is 32.2. The molecule has 0 radical (unpaired) electrons. The lowest BCUT2D eigenvalue weighted by Gasteiger charge is -2.17. The molecular formula is C17H18N2O6S3. The largest absolute Gasteiger partial charge is 0.504 e. The maximum Gasteiger partial charge on any atom is 0.413 e. The second-order valence-electron chi connectivity index (χ2n) is 5.58. The molecule has 150 valence electrons. The van der Waals surface area contributed by atoms with Gasteiger partial charge in [-0.05, 0) is 23.8 Å². The molecule has 1 aliphatic heterocycles. The number of phenols is 1. The second kappa shape index (κ2) is 8.33. The van der Waals surface area contributed by atoms with E-state index in [1.54, 1.807) is 17.7 Å². The highest BCUT2D eigenvalue weighted by molar-refractivity contribution is 7.99. The minimum absolute atomic E-state index is 0.102. The van der Waals surface area contributed by atoms with Gasteiger partial charge in [0.2, 0.25) is 0 Å². The minimum Gasteiger partial charge on any atom is -0.504 e. The maximum atomic E-state index is 12.6. The number of nitrogens with one attached hydrogen (secondary N) is 1. The number of cyclic esters (lactones) is 1. The van der Waals surface area contributed by atoms with Crippen LogP contribution in [0.5, 0.6) is 11.5 Å². The first kappa shape index (κ1) is 20.4. The van der Waals surface area contributed by atoms with Crippen molar-refractivity contribution in [3.63, 3.8) is 0 Å². The summed E-state index contributed by atoms with van der Waals surface area (Å²) >= 11 is 2.35. The highest BCUT2D eigenvalue weighted by Crippen LogP contribution is 2.43. The van der Waals surface area contributed by atoms with Crippen molar-refractivity contribution in [2.24, 2.45) is 0 Å². The van der Waals surface area contributed by atoms with E-state index in [2.05, 4.69) is 4.72 Å². The molecule has 1 aromatic heterocycles. The standard InChI is InChI=1S/C17H18N2O6S3/c1-24-13-10-12(18-28(22,23)14-4-3-9-27-14)16(26-2)11(15(13)20)5-6-19-7-8-25-17(19)21/h3-6,9-10,18,20H,7-8H2,1-2H3/b6-5+. The van der Waals surface area contributed by atoms with E-state index < -0.39 is 16.1 Å². The Morgan fingerprint density at radius 3 is 2.82 bits per heavy atom. The van der Waals surface area contributed by atoms with E-state index in [9.17, 15) is 18.3 Å². The van der Waals surface area contributed by atoms with E-state index in [0.29, 0.717) is 17.0 Å². The molecule has 2 aromatic rings. The lowest BCUT2D eigenvalue weighted by atomic mass is 10.1. The third kappa shape index (κ3) is 4.05. The number of nitrogens with zero attached hydrogens (tertiary/aromatic N) is 1. The fourth-order valence-corrected chi connectivity index (χ4v) is 5.41. The average molecular weight is 443 g/mol. The van der Waals surface area contributed by atoms with Crippen LogP contribution in [0.4, 0.5) is 10.5 Å². The Bertz CT molecular complexity index is 1000. The van der Waals surface area contributed by atoms with Gasteiger partial charge in [-0.3, -0.25) is 9.62 Å². The van der Waals surface area contributed by atoms with Crippen LogP contribution in [0.15, 0.2) is 38.9 Å². The van der Waals surface area contributed by atoms with Gasteiger partial charge in [0.1, 0.15) is 10.8 Å². The van der Waals surface area contributed by atoms with Crippen molar-refractivity contribution in [1.29, 1.82) is 0 Å². The molecule has 3 rings (SSSR count). The second-order valence-corrected chi connectivity index (χ2v) is 9.26. The number of rotatable bonds is 7. The molecule has 28 heavy (non-hydrogen) atoms. The summed E-state index contributed by atoms with van der Waals surface area (Å²) in [6.07, 6.45) is 4.29. The Hall–Kier alpha value is -2.37. The third-order valence-electron chi connectivity index (χ3n) is 3.89. The Morgan fingerprint density at radius 1 is 1.46 bits per heavy atom. The zero-order valence-corrected chi connectivity index (χ0v) is 17.5. The summed E-state index contributed by atoms with van der Waals surface area (Å²) in [5, 5.41) is 12.2. The van der Waals surface area contributed by atoms with Gasteiger partial charge < -0.3 is 14.6 Å². The number of thioether (sulfide) groups is 1. The number of hydrogen-bond acceptors (Lipinski definition) is 8. The fourth-order valence-electron chi connectivity index (χ4n) is 2.57. The zero-order chi connectivity index (χ0) is 20.3. The Morgan fingerprint density at radius 2 is 2.25 bits per heavy atom. The summed E-state index contributed by atoms with van der Waals surface area (Å²) in [5.74, 6) is -0.0555. The number of carbonyl (C=O) groups is 1. The molecule has 1 aromatic carbocycles. The molecule has 11 heteroatoms. The molecule has 0 unspecified atom stereocenters. The van der Waals surface area contributed by atoms with Gasteiger partial charge in [0.25, 0.3) is 10.0 Å². The van der Waals surface area contributed by atoms with Gasteiger partial charge in [0.15, 0.2) is 11.5 Å². The van der Waals surface area contributed by atoms with Crippen molar-refractivity contribution >= 4 is 51.0 Å². The average Bonchev–Trinajstić information content (AvgIpc) is 3.33. The van der Waals surface area contributed by atoms with Crippen LogP contribution in [-0.4, -0.2) is 51.0 Å². The SMILES string of the molecule is COc1cc(NS(=O)(=O)c2cccs2)c(SC)c(/C=C/N2CCOC2=O)c1O. The first-order valence-corrected chi connectivity index (χ1v) is 11.6. The minimum atomic E-state index is -3.79. The molecule has 8 nitrogen and oxygen atoms in total. The van der Waals surface area contributed by atoms with Crippen LogP contribution in [0.25, 0.3) is 6.08 Å². The predicted octanol–water partition coefficient (Wildman–Crippen LogP) is 3.41. The van der Waals surface area contributed by atoms with Gasteiger partial charge in [-0.2, -0.15) is 0 Å².